The molecule has 4 nitrogen and oxygen atoms in total. The van der Waals surface area contributed by atoms with Gasteiger partial charge in [0.2, 0.25) is 0 Å². The summed E-state index contributed by atoms with van der Waals surface area (Å²) in [7, 11) is 0. The molecule has 1 heterocycles. The zero-order chi connectivity index (χ0) is 7.11. The molecule has 0 spiro atoms. The number of hydrogen-bond acceptors (Lipinski definition) is 3. The minimum atomic E-state index is 0.764. The van der Waals surface area contributed by atoms with Crippen molar-refractivity contribution in [2.75, 3.05) is 0 Å². The van der Waals surface area contributed by atoms with Crippen LogP contribution in [-0.2, 0) is 6.42 Å². The van der Waals surface area contributed by atoms with Crippen LogP contribution in [0.2, 0.25) is 0 Å². The largest absolute Gasteiger partial charge is 0.177 e. The molecule has 0 unspecified atom stereocenters. The predicted octanol–water partition coefficient (Wildman–Crippen LogP) is 0.788. The van der Waals surface area contributed by atoms with Gasteiger partial charge >= 0.3 is 0 Å². The molecule has 0 amide bonds. The van der Waals surface area contributed by atoms with Crippen LogP contribution in [0.4, 0.5) is 0 Å². The van der Waals surface area contributed by atoms with Crippen LogP contribution < -0.4 is 0 Å². The Kier molecular flexibility index (Phi) is 4.67. The Morgan fingerprint density at radius 3 is 2.33 bits per heavy atom. The summed E-state index contributed by atoms with van der Waals surface area (Å²) in [5.74, 6) is 0.764. The summed E-state index contributed by atoms with van der Waals surface area (Å²) < 4.78 is 0. The van der Waals surface area contributed by atoms with E-state index in [1.54, 1.807) is 0 Å². The quantitative estimate of drug-likeness (QED) is 0.608. The van der Waals surface area contributed by atoms with Crippen LogP contribution >= 0.6 is 0 Å². The second-order valence-corrected chi connectivity index (χ2v) is 1.18. The molecule has 0 fully saturated rings. The number of nitrogens with zero attached hydrogens (tertiary/aromatic N) is 3. The van der Waals surface area contributed by atoms with Crippen LogP contribution in [0.3, 0.4) is 0 Å². The van der Waals surface area contributed by atoms with Gasteiger partial charge < -0.3 is 0 Å². The van der Waals surface area contributed by atoms with Crippen molar-refractivity contribution in [2.24, 2.45) is 0 Å². The number of tetrazole rings is 1. The minimum Gasteiger partial charge on any atom is -0.177 e. The van der Waals surface area contributed by atoms with Crippen molar-refractivity contribution in [1.29, 1.82) is 0 Å². The van der Waals surface area contributed by atoms with Gasteiger partial charge in [0.15, 0.2) is 5.82 Å². The number of hydrogen-bond donors (Lipinski definition) is 1. The number of aromatic amines is 1. The van der Waals surface area contributed by atoms with E-state index in [-0.39, 0.29) is 0 Å². The second kappa shape index (κ2) is 5.21. The fourth-order valence-corrected chi connectivity index (χ4v) is 0.332. The Hall–Kier alpha value is -0.930. The second-order valence-electron chi connectivity index (χ2n) is 1.18. The first-order valence-electron chi connectivity index (χ1n) is 3.16. The highest BCUT2D eigenvalue weighted by Gasteiger charge is 1.87. The number of rotatable bonds is 1. The molecular formula is C5H12N4. The van der Waals surface area contributed by atoms with Crippen molar-refractivity contribution in [3.63, 3.8) is 0 Å². The SMILES string of the molecule is CC.CCc1nn[nH]n1. The molecule has 0 aliphatic rings. The maximum atomic E-state index is 3.69. The fourth-order valence-electron chi connectivity index (χ4n) is 0.332. The van der Waals surface area contributed by atoms with Gasteiger partial charge in [0, 0.05) is 6.42 Å². The fraction of sp³-hybridized carbons (Fsp3) is 0.800. The zero-order valence-corrected chi connectivity index (χ0v) is 6.05. The Balaban J connectivity index is 0.000000291. The molecule has 0 atom stereocenters. The maximum Gasteiger partial charge on any atom is 0.174 e. The van der Waals surface area contributed by atoms with E-state index < -0.39 is 0 Å². The Bertz CT molecular complexity index is 124. The van der Waals surface area contributed by atoms with Gasteiger partial charge in [0.1, 0.15) is 0 Å². The van der Waals surface area contributed by atoms with Crippen molar-refractivity contribution >= 4 is 0 Å². The Labute approximate surface area is 54.7 Å². The molecule has 1 aromatic heterocycles. The van der Waals surface area contributed by atoms with Crippen molar-refractivity contribution in [3.8, 4) is 0 Å². The highest BCUT2D eigenvalue weighted by Crippen LogP contribution is 1.79. The summed E-state index contributed by atoms with van der Waals surface area (Å²) in [5.41, 5.74) is 0. The summed E-state index contributed by atoms with van der Waals surface area (Å²) in [6, 6.07) is 0. The third-order valence-corrected chi connectivity index (χ3v) is 0.705. The van der Waals surface area contributed by atoms with E-state index in [4.69, 9.17) is 0 Å². The lowest BCUT2D eigenvalue weighted by atomic mass is 10.5. The van der Waals surface area contributed by atoms with Gasteiger partial charge in [-0.15, -0.1) is 10.2 Å². The highest BCUT2D eigenvalue weighted by atomic mass is 15.5. The van der Waals surface area contributed by atoms with E-state index >= 15 is 0 Å². The first-order chi connectivity index (χ1) is 4.43. The standard InChI is InChI=1S/C3H6N4.C2H6/c1-2-3-4-6-7-5-3;1-2/h2H2,1H3,(H,4,5,6,7);1-2H3. The first kappa shape index (κ1) is 8.07. The van der Waals surface area contributed by atoms with Gasteiger partial charge in [-0.2, -0.15) is 5.21 Å². The smallest absolute Gasteiger partial charge is 0.174 e. The van der Waals surface area contributed by atoms with E-state index in [1.165, 1.54) is 0 Å². The Morgan fingerprint density at radius 2 is 2.11 bits per heavy atom. The normalized spacial score (nSPS) is 7.89. The molecule has 1 aromatic rings. The monoisotopic (exact) mass is 128 g/mol. The molecule has 0 saturated carbocycles. The molecule has 4 heteroatoms. The molecule has 0 bridgehead atoms. The van der Waals surface area contributed by atoms with Gasteiger partial charge in [0.25, 0.3) is 0 Å². The molecule has 0 saturated heterocycles. The lowest BCUT2D eigenvalue weighted by Gasteiger charge is -1.72. The van der Waals surface area contributed by atoms with E-state index in [1.807, 2.05) is 20.8 Å². The molecule has 0 aliphatic heterocycles. The molecule has 1 rings (SSSR count). The number of aryl methyl sites for hydroxylation is 1. The predicted molar refractivity (Wildman–Crippen MR) is 34.9 cm³/mol. The average Bonchev–Trinajstić information content (AvgIpc) is 2.43. The highest BCUT2D eigenvalue weighted by molar-refractivity contribution is 4.71. The molecule has 9 heavy (non-hydrogen) atoms. The average molecular weight is 128 g/mol. The lowest BCUT2D eigenvalue weighted by molar-refractivity contribution is 0.881. The van der Waals surface area contributed by atoms with Gasteiger partial charge in [-0.05, 0) is 0 Å². The summed E-state index contributed by atoms with van der Waals surface area (Å²) in [6.45, 7) is 5.98. The molecule has 0 radical (unpaired) electrons. The zero-order valence-electron chi connectivity index (χ0n) is 6.05. The van der Waals surface area contributed by atoms with Crippen molar-refractivity contribution in [1.82, 2.24) is 20.6 Å². The van der Waals surface area contributed by atoms with Crippen LogP contribution in [0.1, 0.15) is 26.6 Å². The number of aromatic nitrogens is 4. The molecule has 1 N–H and O–H groups in total. The van der Waals surface area contributed by atoms with Gasteiger partial charge in [-0.25, -0.2) is 0 Å². The third-order valence-electron chi connectivity index (χ3n) is 0.705. The maximum absolute atomic E-state index is 3.69. The molecule has 0 aromatic carbocycles. The van der Waals surface area contributed by atoms with E-state index in [0.717, 1.165) is 12.2 Å². The van der Waals surface area contributed by atoms with E-state index in [0.29, 0.717) is 0 Å². The van der Waals surface area contributed by atoms with E-state index in [9.17, 15) is 0 Å². The van der Waals surface area contributed by atoms with Gasteiger partial charge in [-0.1, -0.05) is 26.0 Å². The van der Waals surface area contributed by atoms with Crippen molar-refractivity contribution in [3.05, 3.63) is 5.82 Å². The van der Waals surface area contributed by atoms with Crippen LogP contribution in [0.5, 0.6) is 0 Å². The van der Waals surface area contributed by atoms with Gasteiger partial charge in [-0.3, -0.25) is 0 Å². The van der Waals surface area contributed by atoms with Crippen LogP contribution in [0, 0.1) is 0 Å². The number of nitrogens with one attached hydrogen (secondary N) is 1. The first-order valence-corrected chi connectivity index (χ1v) is 3.16. The third kappa shape index (κ3) is 2.79. The van der Waals surface area contributed by atoms with E-state index in [2.05, 4.69) is 20.6 Å². The molecular weight excluding hydrogens is 116 g/mol. The van der Waals surface area contributed by atoms with Crippen LogP contribution in [0.25, 0.3) is 0 Å². The van der Waals surface area contributed by atoms with Crippen molar-refractivity contribution in [2.45, 2.75) is 27.2 Å². The topological polar surface area (TPSA) is 54.5 Å². The summed E-state index contributed by atoms with van der Waals surface area (Å²) in [6.07, 6.45) is 0.844. The van der Waals surface area contributed by atoms with Crippen LogP contribution in [0.15, 0.2) is 0 Å². The van der Waals surface area contributed by atoms with Gasteiger partial charge in [0.05, 0.1) is 0 Å². The summed E-state index contributed by atoms with van der Waals surface area (Å²) in [5, 5.41) is 13.1. The minimum absolute atomic E-state index is 0.764. The Morgan fingerprint density at radius 1 is 1.44 bits per heavy atom. The van der Waals surface area contributed by atoms with Crippen LogP contribution in [-0.4, -0.2) is 20.6 Å². The van der Waals surface area contributed by atoms with Crippen molar-refractivity contribution < 1.29 is 0 Å². The summed E-state index contributed by atoms with van der Waals surface area (Å²) >= 11 is 0. The summed E-state index contributed by atoms with van der Waals surface area (Å²) in [4.78, 5) is 0. The molecule has 52 valence electrons. The number of H-pyrrole nitrogens is 1. The molecule has 0 aliphatic carbocycles. The lowest BCUT2D eigenvalue weighted by Crippen LogP contribution is -1.80.